The van der Waals surface area contributed by atoms with Crippen LogP contribution in [0.15, 0.2) is 36.8 Å². The van der Waals surface area contributed by atoms with Crippen molar-refractivity contribution >= 4 is 22.5 Å². The second-order valence-electron chi connectivity index (χ2n) is 8.12. The lowest BCUT2D eigenvalue weighted by molar-refractivity contribution is -0.177. The molecule has 2 aliphatic rings. The van der Waals surface area contributed by atoms with Crippen molar-refractivity contribution in [1.29, 1.82) is 0 Å². The maximum atomic E-state index is 5.83. The minimum atomic E-state index is -0.369. The van der Waals surface area contributed by atoms with Crippen molar-refractivity contribution in [3.63, 3.8) is 0 Å². The van der Waals surface area contributed by atoms with Crippen molar-refractivity contribution in [3.8, 4) is 17.0 Å². The molecular weight excluding hydrogens is 396 g/mol. The van der Waals surface area contributed by atoms with E-state index in [0.29, 0.717) is 25.0 Å². The molecule has 0 bridgehead atoms. The average Bonchev–Trinajstić information content (AvgIpc) is 3.54. The molecule has 1 spiro atoms. The zero-order chi connectivity index (χ0) is 20.8. The summed E-state index contributed by atoms with van der Waals surface area (Å²) >= 11 is 0. The third-order valence-electron chi connectivity index (χ3n) is 6.30. The Bertz CT molecular complexity index is 1230. The lowest BCUT2D eigenvalue weighted by atomic mass is 9.90. The molecule has 4 aromatic heterocycles. The second-order valence-corrected chi connectivity index (χ2v) is 8.12. The predicted octanol–water partition coefficient (Wildman–Crippen LogP) is 3.38. The zero-order valence-electron chi connectivity index (χ0n) is 17.3. The number of anilines is 1. The highest BCUT2D eigenvalue weighted by molar-refractivity contribution is 5.98. The molecule has 9 heteroatoms. The maximum absolute atomic E-state index is 5.83. The van der Waals surface area contributed by atoms with Gasteiger partial charge in [0.25, 0.3) is 0 Å². The minimum absolute atomic E-state index is 0.277. The molecule has 160 valence electrons. The van der Waals surface area contributed by atoms with E-state index in [2.05, 4.69) is 26.4 Å². The van der Waals surface area contributed by atoms with E-state index in [0.717, 1.165) is 53.4 Å². The Balaban J connectivity index is 1.29. The van der Waals surface area contributed by atoms with Gasteiger partial charge in [-0.05, 0) is 36.6 Å². The molecule has 9 nitrogen and oxygen atoms in total. The molecule has 2 N–H and O–H groups in total. The summed E-state index contributed by atoms with van der Waals surface area (Å²) in [5.74, 6) is 0.746. The lowest BCUT2D eigenvalue weighted by Crippen LogP contribution is -2.39. The van der Waals surface area contributed by atoms with E-state index < -0.39 is 0 Å². The van der Waals surface area contributed by atoms with Gasteiger partial charge in [0.2, 0.25) is 11.8 Å². The molecular formula is C22H24N6O3. The lowest BCUT2D eigenvalue weighted by Gasteiger charge is -2.35. The van der Waals surface area contributed by atoms with E-state index in [1.165, 1.54) is 0 Å². The van der Waals surface area contributed by atoms with Crippen LogP contribution in [0.3, 0.4) is 0 Å². The van der Waals surface area contributed by atoms with E-state index in [4.69, 9.17) is 19.2 Å². The van der Waals surface area contributed by atoms with Gasteiger partial charge in [-0.2, -0.15) is 15.1 Å². The topological polar surface area (TPSA) is 98.6 Å². The number of nitrogens with zero attached hydrogens (tertiary/aromatic N) is 4. The van der Waals surface area contributed by atoms with Crippen molar-refractivity contribution in [2.45, 2.75) is 37.5 Å². The van der Waals surface area contributed by atoms with Crippen LogP contribution in [-0.4, -0.2) is 56.7 Å². The van der Waals surface area contributed by atoms with E-state index in [1.54, 1.807) is 13.3 Å². The Kier molecular flexibility index (Phi) is 4.32. The third kappa shape index (κ3) is 3.21. The summed E-state index contributed by atoms with van der Waals surface area (Å²) in [5, 5.41) is 8.61. The van der Waals surface area contributed by atoms with Crippen LogP contribution in [-0.2, 0) is 9.47 Å². The molecule has 31 heavy (non-hydrogen) atoms. The standard InChI is InChI=1S/C22H24N6O3/c1-29-20-18-17(14-5-9-28-16(12-14)4-8-24-28)13-23-19(18)26-21(27-20)25-15-2-6-22(7-3-15)30-10-11-31-22/h4-5,8-9,12-13,15H,2-3,6-7,10-11H2,1H3,(H2,23,25,26,27). The Morgan fingerprint density at radius 1 is 1.19 bits per heavy atom. The van der Waals surface area contributed by atoms with E-state index in [-0.39, 0.29) is 11.8 Å². The molecule has 1 saturated heterocycles. The molecule has 1 saturated carbocycles. The number of hydrogen-bond acceptors (Lipinski definition) is 7. The number of aromatic nitrogens is 5. The summed E-state index contributed by atoms with van der Waals surface area (Å²) in [7, 11) is 1.64. The summed E-state index contributed by atoms with van der Waals surface area (Å²) in [6.45, 7) is 1.39. The van der Waals surface area contributed by atoms with Crippen molar-refractivity contribution in [1.82, 2.24) is 24.6 Å². The number of aromatic amines is 1. The van der Waals surface area contributed by atoms with Gasteiger partial charge in [-0.15, -0.1) is 0 Å². The van der Waals surface area contributed by atoms with Gasteiger partial charge < -0.3 is 24.5 Å². The first-order valence-electron chi connectivity index (χ1n) is 10.6. The first-order valence-corrected chi connectivity index (χ1v) is 10.6. The smallest absolute Gasteiger partial charge is 0.228 e. The predicted molar refractivity (Wildman–Crippen MR) is 115 cm³/mol. The highest BCUT2D eigenvalue weighted by atomic mass is 16.7. The Morgan fingerprint density at radius 3 is 2.84 bits per heavy atom. The monoisotopic (exact) mass is 420 g/mol. The van der Waals surface area contributed by atoms with Gasteiger partial charge in [0.1, 0.15) is 5.65 Å². The first kappa shape index (κ1) is 18.6. The van der Waals surface area contributed by atoms with Gasteiger partial charge >= 0.3 is 0 Å². The van der Waals surface area contributed by atoms with Crippen molar-refractivity contribution < 1.29 is 14.2 Å². The Hall–Kier alpha value is -3.17. The highest BCUT2D eigenvalue weighted by Crippen LogP contribution is 2.38. The summed E-state index contributed by atoms with van der Waals surface area (Å²) in [6, 6.07) is 6.37. The SMILES string of the molecule is COc1nc(NC2CCC3(CC2)OCCO3)nc2[nH]cc(-c3ccn4nccc4c3)c12. The third-order valence-corrected chi connectivity index (χ3v) is 6.30. The number of hydrogen-bond donors (Lipinski definition) is 2. The van der Waals surface area contributed by atoms with E-state index >= 15 is 0 Å². The number of fused-ring (bicyclic) bond motifs is 2. The van der Waals surface area contributed by atoms with Crippen LogP contribution in [0.25, 0.3) is 27.7 Å². The number of nitrogens with one attached hydrogen (secondary N) is 2. The van der Waals surface area contributed by atoms with Crippen LogP contribution in [0.1, 0.15) is 25.7 Å². The molecule has 2 fully saturated rings. The first-order chi connectivity index (χ1) is 15.2. The summed E-state index contributed by atoms with van der Waals surface area (Å²) in [6.07, 6.45) is 9.35. The number of pyridine rings is 1. The van der Waals surface area contributed by atoms with Crippen LogP contribution >= 0.6 is 0 Å². The van der Waals surface area contributed by atoms with Gasteiger partial charge in [-0.1, -0.05) is 0 Å². The molecule has 0 unspecified atom stereocenters. The van der Waals surface area contributed by atoms with Gasteiger partial charge in [0.15, 0.2) is 5.79 Å². The molecule has 0 atom stereocenters. The Morgan fingerprint density at radius 2 is 2.03 bits per heavy atom. The van der Waals surface area contributed by atoms with Crippen LogP contribution in [0.2, 0.25) is 0 Å². The number of methoxy groups -OCH3 is 1. The van der Waals surface area contributed by atoms with Crippen LogP contribution in [0, 0.1) is 0 Å². The van der Waals surface area contributed by atoms with Crippen molar-refractivity contribution in [2.24, 2.45) is 0 Å². The number of H-pyrrole nitrogens is 1. The van der Waals surface area contributed by atoms with E-state index in [1.807, 2.05) is 29.0 Å². The van der Waals surface area contributed by atoms with Gasteiger partial charge in [0.05, 0.1) is 31.2 Å². The van der Waals surface area contributed by atoms with Crippen molar-refractivity contribution in [2.75, 3.05) is 25.6 Å². The molecule has 1 aliphatic carbocycles. The van der Waals surface area contributed by atoms with Crippen molar-refractivity contribution in [3.05, 3.63) is 36.8 Å². The molecule has 6 rings (SSSR count). The van der Waals surface area contributed by atoms with Gasteiger partial charge in [-0.3, -0.25) is 0 Å². The second kappa shape index (κ2) is 7.21. The number of ether oxygens (including phenoxy) is 3. The largest absolute Gasteiger partial charge is 0.480 e. The molecule has 1 aliphatic heterocycles. The average molecular weight is 420 g/mol. The van der Waals surface area contributed by atoms with E-state index in [9.17, 15) is 0 Å². The Labute approximate surface area is 178 Å². The van der Waals surface area contributed by atoms with Crippen LogP contribution in [0.4, 0.5) is 5.95 Å². The summed E-state index contributed by atoms with van der Waals surface area (Å²) in [5.41, 5.74) is 3.82. The number of rotatable bonds is 4. The fourth-order valence-corrected chi connectivity index (χ4v) is 4.70. The fraction of sp³-hybridized carbons (Fsp3) is 0.409. The molecule has 0 amide bonds. The quantitative estimate of drug-likeness (QED) is 0.522. The normalized spacial score (nSPS) is 18.9. The molecule has 0 aromatic carbocycles. The van der Waals surface area contributed by atoms with Gasteiger partial charge in [0, 0.05) is 43.0 Å². The van der Waals surface area contributed by atoms with Gasteiger partial charge in [-0.25, -0.2) is 4.52 Å². The molecule has 4 aromatic rings. The van der Waals surface area contributed by atoms with Crippen LogP contribution < -0.4 is 10.1 Å². The fourth-order valence-electron chi connectivity index (χ4n) is 4.70. The molecule has 0 radical (unpaired) electrons. The van der Waals surface area contributed by atoms with Crippen LogP contribution in [0.5, 0.6) is 5.88 Å². The summed E-state index contributed by atoms with van der Waals surface area (Å²) < 4.78 is 19.2. The summed E-state index contributed by atoms with van der Waals surface area (Å²) in [4.78, 5) is 12.7. The zero-order valence-corrected chi connectivity index (χ0v) is 17.3. The highest BCUT2D eigenvalue weighted by Gasteiger charge is 2.40. The minimum Gasteiger partial charge on any atom is -0.480 e. The maximum Gasteiger partial charge on any atom is 0.228 e. The molecule has 5 heterocycles.